The predicted molar refractivity (Wildman–Crippen MR) is 201 cm³/mol. The first kappa shape index (κ1) is 27.5. The zero-order valence-corrected chi connectivity index (χ0v) is 26.4. The summed E-state index contributed by atoms with van der Waals surface area (Å²) in [4.78, 5) is 15.0. The molecule has 0 fully saturated rings. The summed E-state index contributed by atoms with van der Waals surface area (Å²) in [7, 11) is 0. The molecule has 10 rings (SSSR count). The van der Waals surface area contributed by atoms with E-state index in [2.05, 4.69) is 127 Å². The number of anilines is 1. The molecule has 5 nitrogen and oxygen atoms in total. The Balaban J connectivity index is 1.13. The lowest BCUT2D eigenvalue weighted by atomic mass is 9.93. The van der Waals surface area contributed by atoms with E-state index in [1.807, 2.05) is 30.3 Å². The molecular weight excluding hydrogens is 601 g/mol. The third kappa shape index (κ3) is 4.67. The summed E-state index contributed by atoms with van der Waals surface area (Å²) in [6.45, 7) is 0.824. The molecule has 1 N–H and O–H groups in total. The van der Waals surface area contributed by atoms with Gasteiger partial charge >= 0.3 is 0 Å². The molecule has 0 saturated carbocycles. The van der Waals surface area contributed by atoms with Crippen molar-refractivity contribution in [2.45, 2.75) is 0 Å². The van der Waals surface area contributed by atoms with E-state index >= 15 is 0 Å². The van der Waals surface area contributed by atoms with E-state index in [0.29, 0.717) is 17.5 Å². The van der Waals surface area contributed by atoms with Crippen LogP contribution in [0.4, 0.5) is 5.69 Å². The van der Waals surface area contributed by atoms with E-state index in [1.54, 1.807) is 0 Å². The van der Waals surface area contributed by atoms with Gasteiger partial charge in [-0.1, -0.05) is 121 Å². The monoisotopic (exact) mass is 628 g/mol. The number of furan rings is 1. The van der Waals surface area contributed by atoms with Crippen LogP contribution in [0.5, 0.6) is 0 Å². The molecule has 2 aromatic heterocycles. The van der Waals surface area contributed by atoms with Crippen molar-refractivity contribution in [1.82, 2.24) is 15.0 Å². The fraction of sp³-hybridized carbons (Fsp3) is 0.0227. The van der Waals surface area contributed by atoms with Crippen molar-refractivity contribution in [2.75, 3.05) is 11.9 Å². The van der Waals surface area contributed by atoms with Gasteiger partial charge in [-0.25, -0.2) is 15.0 Å². The van der Waals surface area contributed by atoms with E-state index in [-0.39, 0.29) is 0 Å². The summed E-state index contributed by atoms with van der Waals surface area (Å²) in [6, 6.07) is 48.5. The van der Waals surface area contributed by atoms with Crippen LogP contribution in [-0.4, -0.2) is 21.5 Å². The standard InChI is InChI=1S/C44H28N4O/c1-2-10-28(11-3-1)42-46-43(32-19-18-27-9-4-5-12-29(27)23-32)48-44(47-42)33-20-21-34-30(24-33)13-6-15-35(34)36-16-7-17-39-41(36)37-26-38-31(14-8-22-45-38)25-40(37)49-39/h1-21,23-26,45H,22H2. The van der Waals surface area contributed by atoms with Crippen molar-refractivity contribution >= 4 is 55.2 Å². The van der Waals surface area contributed by atoms with Gasteiger partial charge in [0.1, 0.15) is 11.2 Å². The van der Waals surface area contributed by atoms with Gasteiger partial charge in [0.05, 0.1) is 0 Å². The van der Waals surface area contributed by atoms with E-state index < -0.39 is 0 Å². The third-order valence-electron chi connectivity index (χ3n) is 9.48. The van der Waals surface area contributed by atoms with Gasteiger partial charge in [0, 0.05) is 45.3 Å². The molecule has 0 radical (unpaired) electrons. The third-order valence-corrected chi connectivity index (χ3v) is 9.48. The second-order valence-electron chi connectivity index (χ2n) is 12.5. The molecule has 3 heterocycles. The highest BCUT2D eigenvalue weighted by Gasteiger charge is 2.18. The predicted octanol–water partition coefficient (Wildman–Crippen LogP) is 11.2. The van der Waals surface area contributed by atoms with Crippen LogP contribution in [0.1, 0.15) is 5.56 Å². The quantitative estimate of drug-likeness (QED) is 0.210. The summed E-state index contributed by atoms with van der Waals surface area (Å²) in [5.41, 5.74) is 9.19. The van der Waals surface area contributed by atoms with Crippen molar-refractivity contribution in [3.8, 4) is 45.3 Å². The first-order chi connectivity index (χ1) is 24.2. The summed E-state index contributed by atoms with van der Waals surface area (Å²) < 4.78 is 6.40. The fourth-order valence-electron chi connectivity index (χ4n) is 7.09. The number of benzene rings is 7. The van der Waals surface area contributed by atoms with Gasteiger partial charge in [-0.15, -0.1) is 0 Å². The molecular formula is C44H28N4O. The van der Waals surface area contributed by atoms with Crippen LogP contribution in [0.15, 0.2) is 150 Å². The largest absolute Gasteiger partial charge is 0.456 e. The molecule has 0 bridgehead atoms. The average molecular weight is 629 g/mol. The average Bonchev–Trinajstić information content (AvgIpc) is 3.54. The van der Waals surface area contributed by atoms with E-state index in [9.17, 15) is 0 Å². The van der Waals surface area contributed by atoms with Crippen molar-refractivity contribution in [3.05, 3.63) is 151 Å². The molecule has 49 heavy (non-hydrogen) atoms. The highest BCUT2D eigenvalue weighted by Crippen LogP contribution is 2.42. The number of fused-ring (bicyclic) bond motifs is 6. The van der Waals surface area contributed by atoms with Crippen molar-refractivity contribution in [3.63, 3.8) is 0 Å². The molecule has 0 aliphatic carbocycles. The molecule has 1 aliphatic heterocycles. The maximum absolute atomic E-state index is 6.40. The molecule has 0 amide bonds. The topological polar surface area (TPSA) is 63.8 Å². The number of nitrogens with zero attached hydrogens (tertiary/aromatic N) is 3. The molecule has 0 saturated heterocycles. The Morgan fingerprint density at radius 2 is 1.18 bits per heavy atom. The highest BCUT2D eigenvalue weighted by atomic mass is 16.3. The number of nitrogens with one attached hydrogen (secondary N) is 1. The Kier molecular flexibility index (Phi) is 6.18. The van der Waals surface area contributed by atoms with Crippen LogP contribution in [0.25, 0.3) is 94.8 Å². The highest BCUT2D eigenvalue weighted by molar-refractivity contribution is 6.16. The summed E-state index contributed by atoms with van der Waals surface area (Å²) in [5.74, 6) is 1.93. The number of aromatic nitrogens is 3. The van der Waals surface area contributed by atoms with Gasteiger partial charge in [0.25, 0.3) is 0 Å². The minimum atomic E-state index is 0.638. The molecule has 0 spiro atoms. The van der Waals surface area contributed by atoms with Crippen LogP contribution < -0.4 is 5.32 Å². The smallest absolute Gasteiger partial charge is 0.164 e. The zero-order chi connectivity index (χ0) is 32.3. The van der Waals surface area contributed by atoms with Crippen molar-refractivity contribution in [2.24, 2.45) is 0 Å². The second kappa shape index (κ2) is 11.0. The Labute approximate surface area is 282 Å². The van der Waals surface area contributed by atoms with E-state index in [0.717, 1.165) is 83.7 Å². The maximum atomic E-state index is 6.40. The maximum Gasteiger partial charge on any atom is 0.164 e. The Bertz CT molecular complexity index is 2780. The van der Waals surface area contributed by atoms with Gasteiger partial charge < -0.3 is 9.73 Å². The molecule has 5 heteroatoms. The van der Waals surface area contributed by atoms with Crippen LogP contribution in [-0.2, 0) is 0 Å². The van der Waals surface area contributed by atoms with Gasteiger partial charge in [-0.05, 0) is 63.0 Å². The molecule has 230 valence electrons. The van der Waals surface area contributed by atoms with Crippen LogP contribution in [0, 0.1) is 0 Å². The van der Waals surface area contributed by atoms with Crippen molar-refractivity contribution < 1.29 is 4.42 Å². The van der Waals surface area contributed by atoms with Gasteiger partial charge in [-0.2, -0.15) is 0 Å². The lowest BCUT2D eigenvalue weighted by Crippen LogP contribution is -2.03. The minimum Gasteiger partial charge on any atom is -0.456 e. The Morgan fingerprint density at radius 1 is 0.490 bits per heavy atom. The lowest BCUT2D eigenvalue weighted by molar-refractivity contribution is 0.669. The Morgan fingerprint density at radius 3 is 2.04 bits per heavy atom. The van der Waals surface area contributed by atoms with Gasteiger partial charge in [0.15, 0.2) is 17.5 Å². The molecule has 1 aliphatic rings. The number of hydrogen-bond acceptors (Lipinski definition) is 5. The van der Waals surface area contributed by atoms with Crippen LogP contribution in [0.3, 0.4) is 0 Å². The first-order valence-corrected chi connectivity index (χ1v) is 16.5. The van der Waals surface area contributed by atoms with Crippen LogP contribution in [0.2, 0.25) is 0 Å². The second-order valence-corrected chi connectivity index (χ2v) is 12.5. The normalized spacial score (nSPS) is 12.5. The molecule has 7 aromatic carbocycles. The fourth-order valence-corrected chi connectivity index (χ4v) is 7.09. The Hall–Kier alpha value is -6.59. The van der Waals surface area contributed by atoms with Crippen molar-refractivity contribution in [1.29, 1.82) is 0 Å². The van der Waals surface area contributed by atoms with E-state index in [4.69, 9.17) is 19.4 Å². The molecule has 0 unspecified atom stereocenters. The minimum absolute atomic E-state index is 0.638. The zero-order valence-electron chi connectivity index (χ0n) is 26.4. The summed E-state index contributed by atoms with van der Waals surface area (Å²) in [6.07, 6.45) is 4.29. The van der Waals surface area contributed by atoms with E-state index in [1.165, 1.54) is 5.39 Å². The molecule has 9 aromatic rings. The molecule has 0 atom stereocenters. The summed E-state index contributed by atoms with van der Waals surface area (Å²) >= 11 is 0. The summed E-state index contributed by atoms with van der Waals surface area (Å²) in [5, 5.41) is 10.3. The van der Waals surface area contributed by atoms with Crippen LogP contribution >= 0.6 is 0 Å². The van der Waals surface area contributed by atoms with Gasteiger partial charge in [-0.3, -0.25) is 0 Å². The number of hydrogen-bond donors (Lipinski definition) is 1. The first-order valence-electron chi connectivity index (χ1n) is 16.5. The lowest BCUT2D eigenvalue weighted by Gasteiger charge is -2.13. The van der Waals surface area contributed by atoms with Gasteiger partial charge in [0.2, 0.25) is 0 Å². The number of rotatable bonds is 4. The SMILES string of the molecule is C1=Cc2cc3oc4cccc(-c5cccc6cc(-c7nc(-c8ccccc8)nc(-c8ccc9ccccc9c8)n7)ccc56)c4c3cc2NC1.